The molecule has 4 saturated carbocycles. The number of carbonyl (C=O) groups excluding carboxylic acids is 2. The molecule has 0 amide bonds. The van der Waals surface area contributed by atoms with Crippen LogP contribution in [0.25, 0.3) is 6.08 Å². The molecular weight excluding hydrogens is 857 g/mol. The van der Waals surface area contributed by atoms with Gasteiger partial charge in [0.05, 0.1) is 18.8 Å². The minimum Gasteiger partial charge on any atom is -0.508 e. The number of aromatic hydroxyl groups is 1. The van der Waals surface area contributed by atoms with E-state index in [9.17, 15) is 50.4 Å². The Hall–Kier alpha value is -3.45. The molecule has 1 aromatic rings. The van der Waals surface area contributed by atoms with Gasteiger partial charge in [-0.25, -0.2) is 9.59 Å². The molecule has 2 saturated heterocycles. The second-order valence-electron chi connectivity index (χ2n) is 22.7. The van der Waals surface area contributed by atoms with Crippen LogP contribution in [-0.4, -0.2) is 133 Å². The molecule has 7 aliphatic rings. The van der Waals surface area contributed by atoms with E-state index in [1.165, 1.54) is 18.2 Å². The van der Waals surface area contributed by atoms with Crippen LogP contribution < -0.4 is 0 Å². The van der Waals surface area contributed by atoms with Crippen LogP contribution in [0.15, 0.2) is 42.0 Å². The molecule has 8 rings (SSSR count). The van der Waals surface area contributed by atoms with Crippen LogP contribution in [0, 0.1) is 50.2 Å². The van der Waals surface area contributed by atoms with Gasteiger partial charge in [0.2, 0.25) is 6.29 Å². The van der Waals surface area contributed by atoms with Crippen molar-refractivity contribution in [3.63, 3.8) is 0 Å². The Morgan fingerprint density at radius 1 is 0.773 bits per heavy atom. The summed E-state index contributed by atoms with van der Waals surface area (Å²) < 4.78 is 29.5. The summed E-state index contributed by atoms with van der Waals surface area (Å²) in [4.78, 5) is 40.0. The van der Waals surface area contributed by atoms with Gasteiger partial charge in [0.15, 0.2) is 18.5 Å². The maximum atomic E-state index is 15.0. The van der Waals surface area contributed by atoms with E-state index < -0.39 is 108 Å². The quantitative estimate of drug-likeness (QED) is 0.0794. The molecule has 66 heavy (non-hydrogen) atoms. The topological polar surface area (TPSA) is 259 Å². The second kappa shape index (κ2) is 17.2. The normalized spacial score (nSPS) is 46.1. The summed E-state index contributed by atoms with van der Waals surface area (Å²) in [5, 5.41) is 85.3. The van der Waals surface area contributed by atoms with E-state index in [1.807, 2.05) is 0 Å². The summed E-state index contributed by atoms with van der Waals surface area (Å²) in [5.41, 5.74) is -1.39. The number of esters is 2. The van der Waals surface area contributed by atoms with Crippen molar-refractivity contribution < 1.29 is 78.9 Å². The molecule has 6 fully saturated rings. The van der Waals surface area contributed by atoms with E-state index >= 15 is 4.79 Å². The molecule has 16 heteroatoms. The zero-order valence-corrected chi connectivity index (χ0v) is 39.0. The van der Waals surface area contributed by atoms with Gasteiger partial charge in [-0.1, -0.05) is 72.2 Å². The predicted molar refractivity (Wildman–Crippen MR) is 234 cm³/mol. The number of aliphatic hydroxyl groups is 6. The molecule has 0 aromatic heterocycles. The van der Waals surface area contributed by atoms with Crippen molar-refractivity contribution in [3.8, 4) is 5.75 Å². The first kappa shape index (κ1) is 49.0. The van der Waals surface area contributed by atoms with Crippen LogP contribution in [0.2, 0.25) is 0 Å². The first-order valence-electron chi connectivity index (χ1n) is 23.6. The zero-order chi connectivity index (χ0) is 48.1. The standard InChI is InChI=1S/C50H70O16/c1-45(2)20-21-50(44(61)66-43-40(35(55)29(52)24-62-43)64-34(54)15-10-25-8-11-26(51)12-9-25)28(22-45)27-13-14-31-47(5)18-17-33(63-42-38(58)36(56)37(57)39(65-42)41(59)60)46(3,4)30(47)16-19-48(31,6)49(27,7)23-32(50)53/h8-13,15,28-33,35-40,42-43,51-53,55-58H,14,16-24H2,1-7H3,(H,59,60)/b15-10+/t28-,29-,30-,31+,32+,33-,35-,36-,37-,38+,39-,40+,42+,43+,47-,48+,49+,50+/m0/s1. The molecule has 0 spiro atoms. The average Bonchev–Trinajstić information content (AvgIpc) is 3.24. The van der Waals surface area contributed by atoms with E-state index in [0.717, 1.165) is 37.3 Å². The summed E-state index contributed by atoms with van der Waals surface area (Å²) in [6.45, 7) is 15.2. The number of hydrogen-bond acceptors (Lipinski definition) is 15. The highest BCUT2D eigenvalue weighted by molar-refractivity contribution is 5.87. The van der Waals surface area contributed by atoms with Gasteiger partial charge in [-0.2, -0.15) is 0 Å². The maximum absolute atomic E-state index is 15.0. The summed E-state index contributed by atoms with van der Waals surface area (Å²) in [6, 6.07) is 6.10. The van der Waals surface area contributed by atoms with Crippen molar-refractivity contribution >= 4 is 24.0 Å². The van der Waals surface area contributed by atoms with Crippen molar-refractivity contribution in [2.45, 2.75) is 174 Å². The number of fused-ring (bicyclic) bond motifs is 7. The third-order valence-corrected chi connectivity index (χ3v) is 18.3. The number of carboxylic acids is 1. The van der Waals surface area contributed by atoms with Crippen molar-refractivity contribution in [1.29, 1.82) is 0 Å². The van der Waals surface area contributed by atoms with Gasteiger partial charge in [0.1, 0.15) is 41.7 Å². The molecular formula is C50H70O16. The van der Waals surface area contributed by atoms with E-state index in [1.54, 1.807) is 12.1 Å². The number of phenols is 1. The smallest absolute Gasteiger partial charge is 0.335 e. The van der Waals surface area contributed by atoms with Gasteiger partial charge in [0, 0.05) is 6.08 Å². The van der Waals surface area contributed by atoms with Crippen molar-refractivity contribution in [2.24, 2.45) is 50.2 Å². The first-order chi connectivity index (χ1) is 30.8. The van der Waals surface area contributed by atoms with Crippen LogP contribution in [0.1, 0.15) is 112 Å². The highest BCUT2D eigenvalue weighted by atomic mass is 16.7. The lowest BCUT2D eigenvalue weighted by Gasteiger charge is -2.71. The third-order valence-electron chi connectivity index (χ3n) is 18.3. The molecule has 2 heterocycles. The van der Waals surface area contributed by atoms with Crippen molar-refractivity contribution in [3.05, 3.63) is 47.6 Å². The van der Waals surface area contributed by atoms with Gasteiger partial charge in [-0.3, -0.25) is 4.79 Å². The minimum atomic E-state index is -1.82. The SMILES string of the molecule is CC1(C)CC[C@]2(C(=O)O[C@H]3OC[C@H](O)[C@H](O)[C@H]3OC(=O)/C=C/c3ccc(O)cc3)[C@H](O)C[C@]3(C)C(=CC[C@@H]4[C@@]5(C)CC[C@H](O[C@@H]6O[C@H](C(=O)O)[C@@H](O)[C@H](O)[C@H]6O)C(C)(C)[C@@H]5CC[C@]43C)[C@@H]2C1. The Morgan fingerprint density at radius 2 is 1.47 bits per heavy atom. The minimum absolute atomic E-state index is 0.0543. The van der Waals surface area contributed by atoms with Crippen LogP contribution in [0.5, 0.6) is 5.75 Å². The van der Waals surface area contributed by atoms with Gasteiger partial charge in [-0.15, -0.1) is 0 Å². The van der Waals surface area contributed by atoms with Gasteiger partial charge >= 0.3 is 17.9 Å². The number of carboxylic acid groups (broad SMARTS) is 1. The van der Waals surface area contributed by atoms with E-state index in [-0.39, 0.29) is 46.9 Å². The summed E-state index contributed by atoms with van der Waals surface area (Å²) in [6.07, 6.45) is -5.86. The summed E-state index contributed by atoms with van der Waals surface area (Å²) in [5.74, 6) is -3.14. The van der Waals surface area contributed by atoms with Crippen molar-refractivity contribution in [1.82, 2.24) is 0 Å². The predicted octanol–water partition coefficient (Wildman–Crippen LogP) is 3.99. The molecule has 2 aliphatic heterocycles. The van der Waals surface area contributed by atoms with Gasteiger partial charge in [-0.05, 0) is 126 Å². The van der Waals surface area contributed by atoms with Gasteiger partial charge < -0.3 is 64.5 Å². The Balaban J connectivity index is 1.05. The molecule has 16 nitrogen and oxygen atoms in total. The second-order valence-corrected chi connectivity index (χ2v) is 22.7. The molecule has 8 N–H and O–H groups in total. The lowest BCUT2D eigenvalue weighted by Crippen LogP contribution is -2.68. The molecule has 366 valence electrons. The number of phenolic OH excluding ortho intramolecular Hbond substituents is 1. The fraction of sp³-hybridized carbons (Fsp3) is 0.740. The molecule has 5 aliphatic carbocycles. The maximum Gasteiger partial charge on any atom is 0.335 e. The van der Waals surface area contributed by atoms with Gasteiger partial charge in [0.25, 0.3) is 0 Å². The Labute approximate surface area is 385 Å². The lowest BCUT2D eigenvalue weighted by molar-refractivity contribution is -0.324. The molecule has 0 bridgehead atoms. The lowest BCUT2D eigenvalue weighted by atomic mass is 9.33. The monoisotopic (exact) mass is 926 g/mol. The number of rotatable bonds is 8. The molecule has 1 aromatic carbocycles. The fourth-order valence-corrected chi connectivity index (χ4v) is 14.4. The van der Waals surface area contributed by atoms with Crippen LogP contribution in [0.3, 0.4) is 0 Å². The van der Waals surface area contributed by atoms with Crippen LogP contribution in [0.4, 0.5) is 0 Å². The number of hydrogen-bond donors (Lipinski definition) is 8. The van der Waals surface area contributed by atoms with E-state index in [2.05, 4.69) is 54.5 Å². The molecule has 18 atom stereocenters. The number of carbonyl (C=O) groups is 3. The fourth-order valence-electron chi connectivity index (χ4n) is 14.4. The summed E-state index contributed by atoms with van der Waals surface area (Å²) >= 11 is 0. The largest absolute Gasteiger partial charge is 0.508 e. The Morgan fingerprint density at radius 3 is 2.15 bits per heavy atom. The number of ether oxygens (including phenoxy) is 5. The number of aliphatic hydroxyl groups excluding tert-OH is 6. The number of aliphatic carboxylic acids is 1. The Kier molecular flexibility index (Phi) is 12.8. The number of allylic oxidation sites excluding steroid dienone is 2. The highest BCUT2D eigenvalue weighted by Crippen LogP contribution is 2.76. The highest BCUT2D eigenvalue weighted by Gasteiger charge is 2.72. The number of benzene rings is 1. The van der Waals surface area contributed by atoms with E-state index in [4.69, 9.17) is 23.7 Å². The Bertz CT molecular complexity index is 2080. The van der Waals surface area contributed by atoms with Crippen molar-refractivity contribution in [2.75, 3.05) is 6.61 Å². The third kappa shape index (κ3) is 7.83. The first-order valence-corrected chi connectivity index (χ1v) is 23.6. The summed E-state index contributed by atoms with van der Waals surface area (Å²) in [7, 11) is 0. The average molecular weight is 927 g/mol. The molecule has 0 radical (unpaired) electrons. The van der Waals surface area contributed by atoms with Crippen LogP contribution in [-0.2, 0) is 38.1 Å². The molecule has 0 unspecified atom stereocenters. The zero-order valence-electron chi connectivity index (χ0n) is 39.0. The van der Waals surface area contributed by atoms with Crippen LogP contribution >= 0.6 is 0 Å². The van der Waals surface area contributed by atoms with E-state index in [0.29, 0.717) is 31.2 Å².